The predicted octanol–water partition coefficient (Wildman–Crippen LogP) is 2.56. The van der Waals surface area contributed by atoms with E-state index in [0.717, 1.165) is 25.9 Å². The summed E-state index contributed by atoms with van der Waals surface area (Å²) in [6, 6.07) is -0.0930. The van der Waals surface area contributed by atoms with E-state index in [-0.39, 0.29) is 11.9 Å². The molecule has 3 nitrogen and oxygen atoms in total. The van der Waals surface area contributed by atoms with Crippen LogP contribution in [0.25, 0.3) is 0 Å². The molecule has 3 heteroatoms. The normalized spacial score (nSPS) is 13.8. The quantitative estimate of drug-likeness (QED) is 0.720. The van der Waals surface area contributed by atoms with Crippen molar-refractivity contribution in [2.45, 2.75) is 60.4 Å². The Morgan fingerprint density at radius 1 is 1.12 bits per heavy atom. The first-order valence-corrected chi connectivity index (χ1v) is 6.73. The number of nitrogens with one attached hydrogen (secondary N) is 2. The minimum absolute atomic E-state index is 0.0930. The third-order valence-corrected chi connectivity index (χ3v) is 2.74. The van der Waals surface area contributed by atoms with Crippen LogP contribution in [0.2, 0.25) is 0 Å². The van der Waals surface area contributed by atoms with E-state index in [1.165, 1.54) is 0 Å². The summed E-state index contributed by atoms with van der Waals surface area (Å²) >= 11 is 0. The van der Waals surface area contributed by atoms with Crippen molar-refractivity contribution in [3.63, 3.8) is 0 Å². The van der Waals surface area contributed by atoms with Gasteiger partial charge >= 0.3 is 0 Å². The van der Waals surface area contributed by atoms with E-state index in [9.17, 15) is 4.79 Å². The van der Waals surface area contributed by atoms with Gasteiger partial charge in [-0.1, -0.05) is 34.6 Å². The van der Waals surface area contributed by atoms with Crippen molar-refractivity contribution in [2.75, 3.05) is 13.1 Å². The van der Waals surface area contributed by atoms with Gasteiger partial charge in [0.2, 0.25) is 5.91 Å². The van der Waals surface area contributed by atoms with E-state index >= 15 is 0 Å². The molecule has 0 spiro atoms. The highest BCUT2D eigenvalue weighted by atomic mass is 16.2. The molecule has 17 heavy (non-hydrogen) atoms. The van der Waals surface area contributed by atoms with Crippen molar-refractivity contribution in [3.8, 4) is 0 Å². The van der Waals surface area contributed by atoms with Crippen LogP contribution in [-0.4, -0.2) is 25.0 Å². The first-order valence-electron chi connectivity index (χ1n) is 6.73. The number of carbonyl (C=O) groups is 1. The number of carbonyl (C=O) groups excluding carboxylic acids is 1. The summed E-state index contributed by atoms with van der Waals surface area (Å²) in [5.74, 6) is 0.749. The van der Waals surface area contributed by atoms with Gasteiger partial charge in [-0.2, -0.15) is 0 Å². The molecule has 2 N–H and O–H groups in total. The Labute approximate surface area is 107 Å². The molecular weight excluding hydrogens is 212 g/mol. The molecule has 0 saturated carbocycles. The molecule has 0 fully saturated rings. The highest BCUT2D eigenvalue weighted by molar-refractivity contribution is 5.81. The Hall–Kier alpha value is -0.570. The summed E-state index contributed by atoms with van der Waals surface area (Å²) < 4.78 is 0. The Morgan fingerprint density at radius 2 is 1.71 bits per heavy atom. The minimum Gasteiger partial charge on any atom is -0.355 e. The molecule has 0 aliphatic rings. The molecule has 0 heterocycles. The third kappa shape index (κ3) is 10.3. The Kier molecular flexibility index (Phi) is 7.44. The van der Waals surface area contributed by atoms with Gasteiger partial charge in [-0.3, -0.25) is 4.79 Å². The second-order valence-corrected chi connectivity index (χ2v) is 6.46. The van der Waals surface area contributed by atoms with Gasteiger partial charge < -0.3 is 10.6 Å². The van der Waals surface area contributed by atoms with Crippen LogP contribution in [0, 0.1) is 11.3 Å². The molecule has 0 aliphatic carbocycles. The molecular formula is C14H30N2O. The topological polar surface area (TPSA) is 41.1 Å². The average Bonchev–Trinajstić information content (AvgIpc) is 2.14. The van der Waals surface area contributed by atoms with Crippen LogP contribution < -0.4 is 10.6 Å². The molecule has 0 saturated heterocycles. The monoisotopic (exact) mass is 242 g/mol. The van der Waals surface area contributed by atoms with Gasteiger partial charge in [0.1, 0.15) is 0 Å². The molecule has 0 aromatic heterocycles. The zero-order valence-electron chi connectivity index (χ0n) is 12.4. The highest BCUT2D eigenvalue weighted by Gasteiger charge is 2.14. The molecule has 0 aromatic rings. The smallest absolute Gasteiger partial charge is 0.236 e. The molecule has 0 aromatic carbocycles. The summed E-state index contributed by atoms with van der Waals surface area (Å²) in [6.07, 6.45) is 2.12. The molecule has 102 valence electrons. The van der Waals surface area contributed by atoms with Crippen LogP contribution in [0.4, 0.5) is 0 Å². The molecule has 0 radical (unpaired) electrons. The van der Waals surface area contributed by atoms with Crippen molar-refractivity contribution in [2.24, 2.45) is 11.3 Å². The van der Waals surface area contributed by atoms with E-state index in [4.69, 9.17) is 0 Å². The van der Waals surface area contributed by atoms with Crippen molar-refractivity contribution in [1.82, 2.24) is 10.6 Å². The molecule has 1 amide bonds. The van der Waals surface area contributed by atoms with E-state index < -0.39 is 0 Å². The lowest BCUT2D eigenvalue weighted by atomic mass is 9.92. The first kappa shape index (κ1) is 16.4. The lowest BCUT2D eigenvalue weighted by molar-refractivity contribution is -0.122. The van der Waals surface area contributed by atoms with Crippen LogP contribution in [0.1, 0.15) is 54.4 Å². The largest absolute Gasteiger partial charge is 0.355 e. The molecule has 0 aliphatic heterocycles. The number of amides is 1. The Balaban J connectivity index is 3.68. The summed E-state index contributed by atoms with van der Waals surface area (Å²) in [5.41, 5.74) is 0.320. The summed E-state index contributed by atoms with van der Waals surface area (Å²) in [4.78, 5) is 11.7. The van der Waals surface area contributed by atoms with Crippen LogP contribution in [0.3, 0.4) is 0 Å². The molecule has 1 atom stereocenters. The fourth-order valence-corrected chi connectivity index (χ4v) is 1.39. The predicted molar refractivity (Wildman–Crippen MR) is 74.0 cm³/mol. The van der Waals surface area contributed by atoms with Gasteiger partial charge in [0.05, 0.1) is 6.04 Å². The maximum absolute atomic E-state index is 11.7. The van der Waals surface area contributed by atoms with Gasteiger partial charge in [-0.25, -0.2) is 0 Å². The zero-order chi connectivity index (χ0) is 13.5. The first-order chi connectivity index (χ1) is 7.72. The Morgan fingerprint density at radius 3 is 2.18 bits per heavy atom. The number of rotatable bonds is 7. The van der Waals surface area contributed by atoms with Crippen molar-refractivity contribution in [1.29, 1.82) is 0 Å². The average molecular weight is 242 g/mol. The Bertz CT molecular complexity index is 219. The fourth-order valence-electron chi connectivity index (χ4n) is 1.39. The van der Waals surface area contributed by atoms with Crippen LogP contribution in [0.5, 0.6) is 0 Å². The van der Waals surface area contributed by atoms with E-state index in [2.05, 4.69) is 45.3 Å². The summed E-state index contributed by atoms with van der Waals surface area (Å²) in [6.45, 7) is 14.6. The van der Waals surface area contributed by atoms with Gasteiger partial charge in [-0.15, -0.1) is 0 Å². The lowest BCUT2D eigenvalue weighted by Crippen LogP contribution is -2.43. The molecule has 1 unspecified atom stereocenters. The SMILES string of the molecule is CC(C)CCNC(=O)C(C)NCCC(C)(C)C. The number of hydrogen-bond acceptors (Lipinski definition) is 2. The zero-order valence-corrected chi connectivity index (χ0v) is 12.4. The van der Waals surface area contributed by atoms with Crippen LogP contribution in [-0.2, 0) is 4.79 Å². The lowest BCUT2D eigenvalue weighted by Gasteiger charge is -2.20. The van der Waals surface area contributed by atoms with Gasteiger partial charge in [0, 0.05) is 6.54 Å². The van der Waals surface area contributed by atoms with Crippen LogP contribution in [0.15, 0.2) is 0 Å². The molecule has 0 bridgehead atoms. The van der Waals surface area contributed by atoms with Gasteiger partial charge in [0.15, 0.2) is 0 Å². The van der Waals surface area contributed by atoms with E-state index in [1.54, 1.807) is 0 Å². The second-order valence-electron chi connectivity index (χ2n) is 6.46. The van der Waals surface area contributed by atoms with Crippen molar-refractivity contribution < 1.29 is 4.79 Å². The third-order valence-electron chi connectivity index (χ3n) is 2.74. The van der Waals surface area contributed by atoms with Crippen molar-refractivity contribution in [3.05, 3.63) is 0 Å². The highest BCUT2D eigenvalue weighted by Crippen LogP contribution is 2.16. The van der Waals surface area contributed by atoms with Gasteiger partial charge in [0.25, 0.3) is 0 Å². The standard InChI is InChI=1S/C14H30N2O/c1-11(2)7-9-16-13(17)12(3)15-10-8-14(4,5)6/h11-12,15H,7-10H2,1-6H3,(H,16,17). The van der Waals surface area contributed by atoms with Gasteiger partial charge in [-0.05, 0) is 37.6 Å². The minimum atomic E-state index is -0.0930. The fraction of sp³-hybridized carbons (Fsp3) is 0.929. The second kappa shape index (κ2) is 7.70. The van der Waals surface area contributed by atoms with E-state index in [1.807, 2.05) is 6.92 Å². The van der Waals surface area contributed by atoms with E-state index in [0.29, 0.717) is 11.3 Å². The summed E-state index contributed by atoms with van der Waals surface area (Å²) in [5, 5.41) is 6.22. The maximum atomic E-state index is 11.7. The summed E-state index contributed by atoms with van der Waals surface area (Å²) in [7, 11) is 0. The van der Waals surface area contributed by atoms with Crippen LogP contribution >= 0.6 is 0 Å². The molecule has 0 rings (SSSR count). The number of hydrogen-bond donors (Lipinski definition) is 2. The maximum Gasteiger partial charge on any atom is 0.236 e. The van der Waals surface area contributed by atoms with Crippen molar-refractivity contribution >= 4 is 5.91 Å².